The summed E-state index contributed by atoms with van der Waals surface area (Å²) in [5.74, 6) is 0.565. The molecule has 0 unspecified atom stereocenters. The Hall–Kier alpha value is -1.40. The van der Waals surface area contributed by atoms with Gasteiger partial charge in [0.1, 0.15) is 5.03 Å². The first kappa shape index (κ1) is 13.0. The van der Waals surface area contributed by atoms with E-state index < -0.39 is 0 Å². The van der Waals surface area contributed by atoms with Gasteiger partial charge in [0.05, 0.1) is 0 Å². The van der Waals surface area contributed by atoms with Crippen LogP contribution >= 0.6 is 11.8 Å². The highest BCUT2D eigenvalue weighted by Crippen LogP contribution is 2.24. The van der Waals surface area contributed by atoms with Crippen molar-refractivity contribution < 1.29 is 4.42 Å². The lowest BCUT2D eigenvalue weighted by atomic mass is 10.2. The van der Waals surface area contributed by atoms with Crippen LogP contribution in [0, 0.1) is 6.92 Å². The lowest BCUT2D eigenvalue weighted by Crippen LogP contribution is -2.21. The smallest absolute Gasteiger partial charge is 0.282 e. The van der Waals surface area contributed by atoms with Gasteiger partial charge >= 0.3 is 0 Å². The number of aromatic nitrogens is 3. The molecule has 0 aliphatic carbocycles. The van der Waals surface area contributed by atoms with Gasteiger partial charge in [0.15, 0.2) is 0 Å². The molecule has 0 aliphatic rings. The van der Waals surface area contributed by atoms with Gasteiger partial charge in [0.25, 0.3) is 5.22 Å². The van der Waals surface area contributed by atoms with E-state index in [9.17, 15) is 0 Å². The third-order valence-corrected chi connectivity index (χ3v) is 3.00. The molecule has 2 heterocycles. The Kier molecular flexibility index (Phi) is 4.33. The van der Waals surface area contributed by atoms with Gasteiger partial charge in [0.2, 0.25) is 5.89 Å². The van der Waals surface area contributed by atoms with Crippen molar-refractivity contribution in [3.8, 4) is 0 Å². The van der Waals surface area contributed by atoms with Gasteiger partial charge in [-0.15, -0.1) is 10.2 Å². The summed E-state index contributed by atoms with van der Waals surface area (Å²) >= 11 is 1.37. The molecule has 96 valence electrons. The van der Waals surface area contributed by atoms with Crippen molar-refractivity contribution in [3.05, 3.63) is 29.8 Å². The maximum atomic E-state index is 5.29. The van der Waals surface area contributed by atoms with Crippen molar-refractivity contribution in [2.45, 2.75) is 43.6 Å². The largest absolute Gasteiger partial charge is 0.416 e. The first-order valence-corrected chi connectivity index (χ1v) is 6.61. The van der Waals surface area contributed by atoms with Crippen molar-refractivity contribution in [2.24, 2.45) is 0 Å². The number of hydrogen-bond acceptors (Lipinski definition) is 6. The molecule has 0 amide bonds. The number of nitrogens with zero attached hydrogens (tertiary/aromatic N) is 3. The van der Waals surface area contributed by atoms with Gasteiger partial charge in [-0.2, -0.15) is 0 Å². The summed E-state index contributed by atoms with van der Waals surface area (Å²) in [6.07, 6.45) is 1.86. The summed E-state index contributed by atoms with van der Waals surface area (Å²) in [7, 11) is 0. The van der Waals surface area contributed by atoms with E-state index in [0.29, 0.717) is 17.2 Å². The monoisotopic (exact) mass is 264 g/mol. The van der Waals surface area contributed by atoms with E-state index in [-0.39, 0.29) is 0 Å². The quantitative estimate of drug-likeness (QED) is 0.894. The average molecular weight is 264 g/mol. The fraction of sp³-hybridized carbons (Fsp3) is 0.417. The van der Waals surface area contributed by atoms with Crippen LogP contribution in [0.4, 0.5) is 0 Å². The maximum absolute atomic E-state index is 5.29. The topological polar surface area (TPSA) is 63.8 Å². The van der Waals surface area contributed by atoms with Crippen molar-refractivity contribution in [2.75, 3.05) is 0 Å². The minimum atomic E-state index is 0.473. The van der Waals surface area contributed by atoms with E-state index in [0.717, 1.165) is 17.1 Å². The molecule has 18 heavy (non-hydrogen) atoms. The fourth-order valence-electron chi connectivity index (χ4n) is 1.31. The molecule has 0 spiro atoms. The molecule has 5 nitrogen and oxygen atoms in total. The zero-order valence-corrected chi connectivity index (χ0v) is 11.5. The van der Waals surface area contributed by atoms with Crippen LogP contribution in [-0.2, 0) is 6.54 Å². The lowest BCUT2D eigenvalue weighted by Gasteiger charge is -2.07. The second-order valence-electron chi connectivity index (χ2n) is 4.23. The van der Waals surface area contributed by atoms with Crippen LogP contribution in [0.5, 0.6) is 0 Å². The van der Waals surface area contributed by atoms with Crippen LogP contribution in [-0.4, -0.2) is 21.2 Å². The first-order chi connectivity index (χ1) is 8.63. The number of hydrogen-bond donors (Lipinski definition) is 1. The molecule has 0 aliphatic heterocycles. The van der Waals surface area contributed by atoms with E-state index >= 15 is 0 Å². The molecule has 0 bridgehead atoms. The molecule has 2 aromatic heterocycles. The summed E-state index contributed by atoms with van der Waals surface area (Å²) in [5.41, 5.74) is 1.16. The Bertz CT molecular complexity index is 495. The normalized spacial score (nSPS) is 11.1. The van der Waals surface area contributed by atoms with Crippen LogP contribution < -0.4 is 5.32 Å². The molecule has 6 heteroatoms. The highest BCUT2D eigenvalue weighted by Gasteiger charge is 2.06. The van der Waals surface area contributed by atoms with E-state index in [1.807, 2.05) is 18.3 Å². The van der Waals surface area contributed by atoms with Gasteiger partial charge in [-0.25, -0.2) is 4.98 Å². The van der Waals surface area contributed by atoms with Gasteiger partial charge in [0, 0.05) is 25.7 Å². The molecule has 0 saturated carbocycles. The number of nitrogens with one attached hydrogen (secondary N) is 1. The van der Waals surface area contributed by atoms with Crippen LogP contribution in [0.15, 0.2) is 33.0 Å². The van der Waals surface area contributed by atoms with E-state index in [1.54, 1.807) is 6.92 Å². The predicted octanol–water partition coefficient (Wildman–Crippen LogP) is 2.42. The minimum absolute atomic E-state index is 0.473. The standard InChI is InChI=1S/C12H16N4OS/c1-8(2)13-6-10-4-5-11(14-7-10)18-12-16-15-9(3)17-12/h4-5,7-8,13H,6H2,1-3H3. The molecule has 0 atom stereocenters. The second-order valence-corrected chi connectivity index (χ2v) is 5.20. The summed E-state index contributed by atoms with van der Waals surface area (Å²) in [6.45, 7) is 6.84. The SMILES string of the molecule is Cc1nnc(Sc2ccc(CNC(C)C)cn2)o1. The third-order valence-electron chi connectivity index (χ3n) is 2.21. The third kappa shape index (κ3) is 3.82. The zero-order chi connectivity index (χ0) is 13.0. The lowest BCUT2D eigenvalue weighted by molar-refractivity contribution is 0.429. The van der Waals surface area contributed by atoms with Gasteiger partial charge in [-0.3, -0.25) is 0 Å². The van der Waals surface area contributed by atoms with Crippen molar-refractivity contribution in [1.29, 1.82) is 0 Å². The van der Waals surface area contributed by atoms with Crippen LogP contribution in [0.25, 0.3) is 0 Å². The van der Waals surface area contributed by atoms with E-state index in [2.05, 4.69) is 34.3 Å². The molecule has 0 fully saturated rings. The number of aryl methyl sites for hydroxylation is 1. The Balaban J connectivity index is 1.95. The van der Waals surface area contributed by atoms with Crippen molar-refractivity contribution in [1.82, 2.24) is 20.5 Å². The highest BCUT2D eigenvalue weighted by molar-refractivity contribution is 7.99. The zero-order valence-electron chi connectivity index (χ0n) is 10.7. The Morgan fingerprint density at radius 2 is 2.17 bits per heavy atom. The van der Waals surface area contributed by atoms with Crippen LogP contribution in [0.3, 0.4) is 0 Å². The Labute approximate surface area is 110 Å². The summed E-state index contributed by atoms with van der Waals surface area (Å²) in [5, 5.41) is 12.4. The van der Waals surface area contributed by atoms with E-state index in [1.165, 1.54) is 11.8 Å². The number of rotatable bonds is 5. The first-order valence-electron chi connectivity index (χ1n) is 5.80. The maximum Gasteiger partial charge on any atom is 0.282 e. The molecule has 2 aromatic rings. The summed E-state index contributed by atoms with van der Waals surface area (Å²) < 4.78 is 5.29. The Morgan fingerprint density at radius 1 is 1.33 bits per heavy atom. The fourth-order valence-corrected chi connectivity index (χ4v) is 1.97. The Morgan fingerprint density at radius 3 is 2.72 bits per heavy atom. The van der Waals surface area contributed by atoms with Crippen LogP contribution in [0.1, 0.15) is 25.3 Å². The summed E-state index contributed by atoms with van der Waals surface area (Å²) in [6, 6.07) is 4.48. The van der Waals surface area contributed by atoms with E-state index in [4.69, 9.17) is 4.42 Å². The van der Waals surface area contributed by atoms with Crippen LogP contribution in [0.2, 0.25) is 0 Å². The molecule has 0 aromatic carbocycles. The molecule has 0 saturated heterocycles. The number of pyridine rings is 1. The second kappa shape index (κ2) is 5.97. The van der Waals surface area contributed by atoms with Crippen molar-refractivity contribution in [3.63, 3.8) is 0 Å². The molecular weight excluding hydrogens is 248 g/mol. The summed E-state index contributed by atoms with van der Waals surface area (Å²) in [4.78, 5) is 4.36. The molecule has 2 rings (SSSR count). The molecule has 1 N–H and O–H groups in total. The van der Waals surface area contributed by atoms with Gasteiger partial charge < -0.3 is 9.73 Å². The average Bonchev–Trinajstić information content (AvgIpc) is 2.74. The highest BCUT2D eigenvalue weighted by atomic mass is 32.2. The molecule has 0 radical (unpaired) electrons. The minimum Gasteiger partial charge on any atom is -0.416 e. The van der Waals surface area contributed by atoms with Crippen molar-refractivity contribution >= 4 is 11.8 Å². The predicted molar refractivity (Wildman–Crippen MR) is 69.4 cm³/mol. The van der Waals surface area contributed by atoms with Gasteiger partial charge in [-0.05, 0) is 23.4 Å². The molecular formula is C12H16N4OS. The van der Waals surface area contributed by atoms with Gasteiger partial charge in [-0.1, -0.05) is 19.9 Å².